The molecule has 1 amide bonds. The van der Waals surface area contributed by atoms with Crippen LogP contribution in [0.3, 0.4) is 0 Å². The molecule has 180 valence electrons. The molecule has 1 aliphatic heterocycles. The van der Waals surface area contributed by atoms with Crippen LogP contribution in [0.1, 0.15) is 46.6 Å². The number of rotatable bonds is 7. The zero-order valence-electron chi connectivity index (χ0n) is 19.7. The van der Waals surface area contributed by atoms with Gasteiger partial charge in [0.25, 0.3) is 5.91 Å². The van der Waals surface area contributed by atoms with E-state index < -0.39 is 10.0 Å². The fourth-order valence-electron chi connectivity index (χ4n) is 4.16. The van der Waals surface area contributed by atoms with Crippen molar-refractivity contribution >= 4 is 21.6 Å². The highest BCUT2D eigenvalue weighted by Gasteiger charge is 2.27. The van der Waals surface area contributed by atoms with Gasteiger partial charge in [0.2, 0.25) is 10.0 Å². The number of carbonyl (C=O) groups is 1. The average Bonchev–Trinajstić information content (AvgIpc) is 3.16. The third-order valence-corrected chi connectivity index (χ3v) is 7.92. The fourth-order valence-corrected chi connectivity index (χ4v) is 5.71. The zero-order valence-corrected chi connectivity index (χ0v) is 20.6. The number of anilines is 1. The lowest BCUT2D eigenvalue weighted by atomic mass is 10.1. The zero-order chi connectivity index (χ0) is 24.3. The third kappa shape index (κ3) is 5.15. The highest BCUT2D eigenvalue weighted by Crippen LogP contribution is 2.30. The summed E-state index contributed by atoms with van der Waals surface area (Å²) in [6.45, 7) is 5.61. The highest BCUT2D eigenvalue weighted by atomic mass is 32.2. The largest absolute Gasteiger partial charge is 0.495 e. The lowest BCUT2D eigenvalue weighted by molar-refractivity contribution is 0.102. The van der Waals surface area contributed by atoms with Gasteiger partial charge >= 0.3 is 0 Å². The summed E-state index contributed by atoms with van der Waals surface area (Å²) in [6.07, 6.45) is 2.75. The first-order chi connectivity index (χ1) is 16.3. The Morgan fingerprint density at radius 1 is 1.03 bits per heavy atom. The first-order valence-corrected chi connectivity index (χ1v) is 12.8. The van der Waals surface area contributed by atoms with Gasteiger partial charge in [-0.3, -0.25) is 9.48 Å². The van der Waals surface area contributed by atoms with E-state index in [1.54, 1.807) is 18.2 Å². The molecule has 4 rings (SSSR count). The Hall–Kier alpha value is -3.17. The smallest absolute Gasteiger partial charge is 0.255 e. The Morgan fingerprint density at radius 3 is 2.35 bits per heavy atom. The molecule has 0 spiro atoms. The number of benzene rings is 2. The Kier molecular flexibility index (Phi) is 7.04. The minimum absolute atomic E-state index is 0.144. The minimum atomic E-state index is -3.63. The molecule has 1 N–H and O–H groups in total. The molecule has 1 fully saturated rings. The first-order valence-electron chi connectivity index (χ1n) is 11.4. The summed E-state index contributed by atoms with van der Waals surface area (Å²) < 4.78 is 34.9. The Bertz CT molecular complexity index is 1280. The Balaban J connectivity index is 1.51. The summed E-state index contributed by atoms with van der Waals surface area (Å²) in [7, 11) is -2.15. The SMILES string of the molecule is COc1ccc(S(=O)(=O)N2CCCCC2)cc1NC(=O)c1ccc(Cn2nc(C)cc2C)cc1. The van der Waals surface area contributed by atoms with Crippen LogP contribution in [0, 0.1) is 13.8 Å². The second kappa shape index (κ2) is 9.99. The van der Waals surface area contributed by atoms with Crippen LogP contribution < -0.4 is 10.1 Å². The van der Waals surface area contributed by atoms with E-state index in [0.29, 0.717) is 36.6 Å². The van der Waals surface area contributed by atoms with E-state index in [2.05, 4.69) is 10.4 Å². The number of methoxy groups -OCH3 is 1. The quantitative estimate of drug-likeness (QED) is 0.550. The van der Waals surface area contributed by atoms with Gasteiger partial charge in [-0.05, 0) is 68.7 Å². The van der Waals surface area contributed by atoms with Crippen molar-refractivity contribution in [2.75, 3.05) is 25.5 Å². The van der Waals surface area contributed by atoms with Gasteiger partial charge in [0.1, 0.15) is 5.75 Å². The molecule has 1 saturated heterocycles. The molecule has 0 bridgehead atoms. The molecule has 2 heterocycles. The Labute approximate surface area is 200 Å². The van der Waals surface area contributed by atoms with Gasteiger partial charge in [0.15, 0.2) is 0 Å². The number of hydrogen-bond acceptors (Lipinski definition) is 5. The summed E-state index contributed by atoms with van der Waals surface area (Å²) in [5.74, 6) is 0.0515. The molecule has 0 radical (unpaired) electrons. The number of carbonyl (C=O) groups excluding carboxylic acids is 1. The second-order valence-corrected chi connectivity index (χ2v) is 10.5. The number of aromatic nitrogens is 2. The van der Waals surface area contributed by atoms with Gasteiger partial charge in [-0.1, -0.05) is 18.6 Å². The lowest BCUT2D eigenvalue weighted by Crippen LogP contribution is -2.35. The van der Waals surface area contributed by atoms with Gasteiger partial charge in [0.05, 0.1) is 29.9 Å². The second-order valence-electron chi connectivity index (χ2n) is 8.56. The van der Waals surface area contributed by atoms with E-state index in [0.717, 1.165) is 36.2 Å². The fraction of sp³-hybridized carbons (Fsp3) is 0.360. The Morgan fingerprint density at radius 2 is 1.74 bits per heavy atom. The molecule has 1 aromatic heterocycles. The van der Waals surface area contributed by atoms with Crippen LogP contribution in [0.2, 0.25) is 0 Å². The number of amides is 1. The summed E-state index contributed by atoms with van der Waals surface area (Å²) in [4.78, 5) is 13.1. The van der Waals surface area contributed by atoms with Crippen molar-refractivity contribution in [3.8, 4) is 5.75 Å². The van der Waals surface area contributed by atoms with E-state index >= 15 is 0 Å². The number of piperidine rings is 1. The van der Waals surface area contributed by atoms with Gasteiger partial charge in [-0.2, -0.15) is 9.40 Å². The molecule has 3 aromatic rings. The molecule has 9 heteroatoms. The molecule has 2 aromatic carbocycles. The van der Waals surface area contributed by atoms with Gasteiger partial charge in [-0.15, -0.1) is 0 Å². The van der Waals surface area contributed by atoms with E-state index in [1.165, 1.54) is 23.5 Å². The van der Waals surface area contributed by atoms with Gasteiger partial charge in [0, 0.05) is 24.3 Å². The average molecular weight is 483 g/mol. The van der Waals surface area contributed by atoms with Gasteiger partial charge in [-0.25, -0.2) is 8.42 Å². The molecule has 34 heavy (non-hydrogen) atoms. The number of nitrogens with one attached hydrogen (secondary N) is 1. The molecule has 0 aliphatic carbocycles. The van der Waals surface area contributed by atoms with Crippen LogP contribution in [0.25, 0.3) is 0 Å². The van der Waals surface area contributed by atoms with Crippen LogP contribution in [0.4, 0.5) is 5.69 Å². The van der Waals surface area contributed by atoms with Crippen molar-refractivity contribution in [1.82, 2.24) is 14.1 Å². The number of aryl methyl sites for hydroxylation is 2. The third-order valence-electron chi connectivity index (χ3n) is 6.02. The van der Waals surface area contributed by atoms with Crippen molar-refractivity contribution < 1.29 is 17.9 Å². The van der Waals surface area contributed by atoms with Crippen molar-refractivity contribution in [1.29, 1.82) is 0 Å². The summed E-state index contributed by atoms with van der Waals surface area (Å²) in [6, 6.07) is 13.9. The topological polar surface area (TPSA) is 93.5 Å². The van der Waals surface area contributed by atoms with Crippen molar-refractivity contribution in [2.45, 2.75) is 44.6 Å². The van der Waals surface area contributed by atoms with Gasteiger partial charge < -0.3 is 10.1 Å². The maximum Gasteiger partial charge on any atom is 0.255 e. The van der Waals surface area contributed by atoms with Crippen LogP contribution in [0.15, 0.2) is 53.4 Å². The molecule has 0 unspecified atom stereocenters. The van der Waals surface area contributed by atoms with E-state index in [-0.39, 0.29) is 10.8 Å². The highest BCUT2D eigenvalue weighted by molar-refractivity contribution is 7.89. The molecular formula is C25H30N4O4S. The van der Waals surface area contributed by atoms with Crippen molar-refractivity contribution in [3.05, 3.63) is 71.0 Å². The van der Waals surface area contributed by atoms with Crippen LogP contribution >= 0.6 is 0 Å². The number of hydrogen-bond donors (Lipinski definition) is 1. The summed E-state index contributed by atoms with van der Waals surface area (Å²) in [5, 5.41) is 7.28. The summed E-state index contributed by atoms with van der Waals surface area (Å²) >= 11 is 0. The molecule has 0 saturated carbocycles. The molecule has 0 atom stereocenters. The van der Waals surface area contributed by atoms with Crippen molar-refractivity contribution in [2.24, 2.45) is 0 Å². The van der Waals surface area contributed by atoms with Crippen LogP contribution in [-0.4, -0.2) is 48.6 Å². The number of sulfonamides is 1. The van der Waals surface area contributed by atoms with E-state index in [4.69, 9.17) is 4.74 Å². The minimum Gasteiger partial charge on any atom is -0.495 e. The van der Waals surface area contributed by atoms with Crippen molar-refractivity contribution in [3.63, 3.8) is 0 Å². The number of ether oxygens (including phenoxy) is 1. The maximum atomic E-state index is 13.1. The first kappa shape index (κ1) is 24.0. The predicted octanol–water partition coefficient (Wildman–Crippen LogP) is 3.98. The lowest BCUT2D eigenvalue weighted by Gasteiger charge is -2.26. The number of nitrogens with zero attached hydrogens (tertiary/aromatic N) is 3. The summed E-state index contributed by atoms with van der Waals surface area (Å²) in [5.41, 5.74) is 3.84. The molecule has 1 aliphatic rings. The van der Waals surface area contributed by atoms with E-state index in [1.807, 2.05) is 36.7 Å². The predicted molar refractivity (Wildman–Crippen MR) is 131 cm³/mol. The monoisotopic (exact) mass is 482 g/mol. The van der Waals surface area contributed by atoms with Crippen LogP contribution in [0.5, 0.6) is 5.75 Å². The normalized spacial score (nSPS) is 14.7. The standard InChI is InChI=1S/C25H30N4O4S/c1-18-15-19(2)29(27-18)17-20-7-9-21(10-8-20)25(30)26-23-16-22(11-12-24(23)33-3)34(31,32)28-13-5-4-6-14-28/h7-12,15-16H,4-6,13-14,17H2,1-3H3,(H,26,30). The molecular weight excluding hydrogens is 452 g/mol. The van der Waals surface area contributed by atoms with E-state index in [9.17, 15) is 13.2 Å². The maximum absolute atomic E-state index is 13.1. The molecule has 8 nitrogen and oxygen atoms in total. The van der Waals surface area contributed by atoms with Crippen LogP contribution in [-0.2, 0) is 16.6 Å².